The third-order valence-corrected chi connectivity index (χ3v) is 15.1. The number of nitrogens with zero attached hydrogens (tertiary/aromatic N) is 1. The Kier molecular flexibility index (Phi) is 52.1. The van der Waals surface area contributed by atoms with Crippen LogP contribution in [0.2, 0.25) is 0 Å². The molecule has 8 nitrogen and oxygen atoms in total. The second kappa shape index (κ2) is 52.8. The Hall–Kier alpha value is -1.02. The number of hydrogen-bond acceptors (Lipinski definition) is 5. The largest absolute Gasteiger partial charge is 0.472 e. The first-order valence-corrected chi connectivity index (χ1v) is 32.2. The summed E-state index contributed by atoms with van der Waals surface area (Å²) in [5, 5.41) is 13.9. The van der Waals surface area contributed by atoms with Crippen molar-refractivity contribution in [3.05, 3.63) is 24.3 Å². The van der Waals surface area contributed by atoms with E-state index in [1.807, 2.05) is 27.2 Å². The molecule has 3 N–H and O–H groups in total. The molecule has 0 aliphatic rings. The fraction of sp³-hybridized carbons (Fsp3) is 0.918. The molecule has 0 aromatic heterocycles. The van der Waals surface area contributed by atoms with E-state index in [1.165, 1.54) is 250 Å². The Bertz CT molecular complexity index is 1190. The Balaban J connectivity index is 3.92. The third-order valence-electron chi connectivity index (χ3n) is 14.2. The van der Waals surface area contributed by atoms with Crippen LogP contribution in [0, 0.1) is 0 Å². The lowest BCUT2D eigenvalue weighted by Crippen LogP contribution is -2.45. The van der Waals surface area contributed by atoms with Crippen LogP contribution in [-0.2, 0) is 18.4 Å². The highest BCUT2D eigenvalue weighted by Crippen LogP contribution is 2.43. The van der Waals surface area contributed by atoms with Crippen LogP contribution in [0.25, 0.3) is 0 Å². The molecular weight excluding hydrogens is 888 g/mol. The highest BCUT2D eigenvalue weighted by atomic mass is 31.2. The highest BCUT2D eigenvalue weighted by Gasteiger charge is 2.27. The van der Waals surface area contributed by atoms with E-state index < -0.39 is 20.0 Å². The lowest BCUT2D eigenvalue weighted by Gasteiger charge is -2.25. The molecule has 0 radical (unpaired) electrons. The average Bonchev–Trinajstić information content (AvgIpc) is 3.32. The third kappa shape index (κ3) is 54.7. The van der Waals surface area contributed by atoms with Gasteiger partial charge in [0.15, 0.2) is 0 Å². The number of allylic oxidation sites excluding steroid dienone is 3. The number of amides is 1. The zero-order chi connectivity index (χ0) is 51.3. The number of aliphatic hydroxyl groups is 1. The summed E-state index contributed by atoms with van der Waals surface area (Å²) in [6.07, 6.45) is 67.4. The van der Waals surface area contributed by atoms with Gasteiger partial charge in [0, 0.05) is 6.42 Å². The maximum atomic E-state index is 13.0. The van der Waals surface area contributed by atoms with Crippen molar-refractivity contribution in [3.8, 4) is 0 Å². The van der Waals surface area contributed by atoms with Crippen LogP contribution in [0.4, 0.5) is 0 Å². The Morgan fingerprint density at radius 3 is 1.10 bits per heavy atom. The van der Waals surface area contributed by atoms with Gasteiger partial charge in [0.2, 0.25) is 5.91 Å². The van der Waals surface area contributed by atoms with Crippen molar-refractivity contribution in [2.24, 2.45) is 0 Å². The molecular formula is C61H122N2O6P+. The summed E-state index contributed by atoms with van der Waals surface area (Å²) in [6.45, 7) is 4.84. The van der Waals surface area contributed by atoms with Crippen molar-refractivity contribution in [3.63, 3.8) is 0 Å². The number of quaternary nitrogens is 1. The van der Waals surface area contributed by atoms with E-state index in [1.54, 1.807) is 6.08 Å². The fourth-order valence-electron chi connectivity index (χ4n) is 9.33. The number of unbranched alkanes of at least 4 members (excludes halogenated alkanes) is 42. The molecule has 416 valence electrons. The normalized spacial score (nSPS) is 14.0. The van der Waals surface area contributed by atoms with Crippen LogP contribution in [0.1, 0.15) is 309 Å². The molecule has 0 heterocycles. The summed E-state index contributed by atoms with van der Waals surface area (Å²) in [4.78, 5) is 23.3. The van der Waals surface area contributed by atoms with E-state index in [0.717, 1.165) is 38.5 Å². The van der Waals surface area contributed by atoms with Gasteiger partial charge in [-0.25, -0.2) is 4.57 Å². The minimum Gasteiger partial charge on any atom is -0.387 e. The first kappa shape index (κ1) is 69.0. The summed E-state index contributed by atoms with van der Waals surface area (Å²) in [6, 6.07) is -0.842. The van der Waals surface area contributed by atoms with Crippen molar-refractivity contribution in [1.29, 1.82) is 0 Å². The van der Waals surface area contributed by atoms with Gasteiger partial charge in [-0.3, -0.25) is 13.8 Å². The number of carbonyl (C=O) groups is 1. The second-order valence-electron chi connectivity index (χ2n) is 22.4. The standard InChI is InChI=1S/C61H121N2O6P/c1-6-8-10-12-14-16-18-20-21-22-23-24-25-26-27-28-29-30-31-32-33-34-35-36-37-38-39-40-41-43-45-47-49-51-53-55-61(65)62-59(58-69-70(66,67)68-57-56-63(3,4)5)60(64)54-52-50-48-46-44-42-19-17-15-13-11-9-7-2/h22-23,52,54,59-60,64H,6-21,24-51,53,55-58H2,1-5H3,(H-,62,65,66,67)/p+1/b23-22-,54-52+. The van der Waals surface area contributed by atoms with Crippen LogP contribution in [0.5, 0.6) is 0 Å². The summed E-state index contributed by atoms with van der Waals surface area (Å²) < 4.78 is 23.7. The Morgan fingerprint density at radius 1 is 0.471 bits per heavy atom. The van der Waals surface area contributed by atoms with Crippen molar-refractivity contribution in [1.82, 2.24) is 5.32 Å². The number of aliphatic hydroxyl groups excluding tert-OH is 1. The summed E-state index contributed by atoms with van der Waals surface area (Å²) in [7, 11) is 1.59. The van der Waals surface area contributed by atoms with Gasteiger partial charge in [0.25, 0.3) is 0 Å². The van der Waals surface area contributed by atoms with E-state index in [4.69, 9.17) is 9.05 Å². The molecule has 0 aromatic carbocycles. The van der Waals surface area contributed by atoms with Crippen LogP contribution in [-0.4, -0.2) is 73.4 Å². The van der Waals surface area contributed by atoms with Crippen LogP contribution < -0.4 is 5.32 Å². The van der Waals surface area contributed by atoms with Crippen molar-refractivity contribution in [2.75, 3.05) is 40.9 Å². The highest BCUT2D eigenvalue weighted by molar-refractivity contribution is 7.47. The Morgan fingerprint density at radius 2 is 0.771 bits per heavy atom. The quantitative estimate of drug-likeness (QED) is 0.0243. The van der Waals surface area contributed by atoms with Gasteiger partial charge in [-0.15, -0.1) is 0 Å². The second-order valence-corrected chi connectivity index (χ2v) is 23.9. The average molecular weight is 1010 g/mol. The lowest BCUT2D eigenvalue weighted by atomic mass is 10.0. The smallest absolute Gasteiger partial charge is 0.387 e. The number of phosphoric acid groups is 1. The van der Waals surface area contributed by atoms with E-state index >= 15 is 0 Å². The van der Waals surface area contributed by atoms with Gasteiger partial charge in [0.1, 0.15) is 13.2 Å². The zero-order valence-electron chi connectivity index (χ0n) is 47.5. The maximum Gasteiger partial charge on any atom is 0.472 e. The zero-order valence-corrected chi connectivity index (χ0v) is 48.4. The summed E-state index contributed by atoms with van der Waals surface area (Å²) >= 11 is 0. The predicted octanol–water partition coefficient (Wildman–Crippen LogP) is 18.8. The molecule has 9 heteroatoms. The molecule has 3 unspecified atom stereocenters. The van der Waals surface area contributed by atoms with Gasteiger partial charge >= 0.3 is 7.82 Å². The van der Waals surface area contributed by atoms with Crippen molar-refractivity contribution < 1.29 is 32.9 Å². The molecule has 0 fully saturated rings. The maximum absolute atomic E-state index is 13.0. The van der Waals surface area contributed by atoms with E-state index in [2.05, 4.69) is 31.3 Å². The Labute approximate surface area is 436 Å². The monoisotopic (exact) mass is 1010 g/mol. The van der Waals surface area contributed by atoms with E-state index in [0.29, 0.717) is 17.4 Å². The summed E-state index contributed by atoms with van der Waals surface area (Å²) in [5.74, 6) is -0.172. The van der Waals surface area contributed by atoms with Gasteiger partial charge in [-0.1, -0.05) is 282 Å². The molecule has 1 amide bonds. The fourth-order valence-corrected chi connectivity index (χ4v) is 10.1. The van der Waals surface area contributed by atoms with Gasteiger partial charge in [-0.2, -0.15) is 0 Å². The first-order valence-electron chi connectivity index (χ1n) is 30.7. The number of rotatable bonds is 57. The topological polar surface area (TPSA) is 105 Å². The molecule has 0 bridgehead atoms. The van der Waals surface area contributed by atoms with Crippen LogP contribution >= 0.6 is 7.82 Å². The lowest BCUT2D eigenvalue weighted by molar-refractivity contribution is -0.870. The number of phosphoric ester groups is 1. The first-order chi connectivity index (χ1) is 34.0. The minimum atomic E-state index is -4.34. The number of carbonyl (C=O) groups excluding carboxylic acids is 1. The van der Waals surface area contributed by atoms with Gasteiger partial charge < -0.3 is 19.8 Å². The van der Waals surface area contributed by atoms with Crippen LogP contribution in [0.15, 0.2) is 24.3 Å². The molecule has 3 atom stereocenters. The molecule has 0 aliphatic carbocycles. The van der Waals surface area contributed by atoms with Crippen molar-refractivity contribution >= 4 is 13.7 Å². The van der Waals surface area contributed by atoms with E-state index in [9.17, 15) is 19.4 Å². The molecule has 0 saturated heterocycles. The molecule has 0 aromatic rings. The van der Waals surface area contributed by atoms with Gasteiger partial charge in [-0.05, 0) is 44.9 Å². The summed E-state index contributed by atoms with van der Waals surface area (Å²) in [5.41, 5.74) is 0. The predicted molar refractivity (Wildman–Crippen MR) is 305 cm³/mol. The molecule has 0 spiro atoms. The molecule has 0 aliphatic heterocycles. The number of hydrogen-bond donors (Lipinski definition) is 3. The SMILES string of the molecule is CCCCCCCCCC/C=C\CCCCCCCCCCCCCCCCCCCCCCCCCC(=O)NC(COP(=O)(O)OCC[N+](C)(C)C)C(O)/C=C/CCCCCCCCCCCCC. The van der Waals surface area contributed by atoms with Gasteiger partial charge in [0.05, 0.1) is 39.9 Å². The molecule has 70 heavy (non-hydrogen) atoms. The number of likely N-dealkylation sites (N-methyl/N-ethyl adjacent to an activating group) is 1. The van der Waals surface area contributed by atoms with E-state index in [-0.39, 0.29) is 19.1 Å². The minimum absolute atomic E-state index is 0.0641. The molecule has 0 rings (SSSR count). The number of nitrogens with one attached hydrogen (secondary N) is 1. The van der Waals surface area contributed by atoms with Crippen LogP contribution in [0.3, 0.4) is 0 Å². The van der Waals surface area contributed by atoms with Crippen molar-refractivity contribution in [2.45, 2.75) is 321 Å². The molecule has 0 saturated carbocycles.